The van der Waals surface area contributed by atoms with Crippen LogP contribution >= 0.6 is 0 Å². The average Bonchev–Trinajstić information content (AvgIpc) is 2.87. The van der Waals surface area contributed by atoms with Crippen molar-refractivity contribution in [3.05, 3.63) is 63.2 Å². The minimum absolute atomic E-state index is 0.0966. The van der Waals surface area contributed by atoms with E-state index in [1.54, 1.807) is 4.90 Å². The van der Waals surface area contributed by atoms with E-state index in [0.717, 1.165) is 25.9 Å². The third-order valence-electron chi connectivity index (χ3n) is 7.03. The van der Waals surface area contributed by atoms with E-state index in [1.165, 1.54) is 42.1 Å². The number of piperazine rings is 1. The van der Waals surface area contributed by atoms with Crippen molar-refractivity contribution in [3.8, 4) is 5.75 Å². The van der Waals surface area contributed by atoms with E-state index >= 15 is 0 Å². The largest absolute Gasteiger partial charge is 0.496 e. The summed E-state index contributed by atoms with van der Waals surface area (Å²) >= 11 is 0. The van der Waals surface area contributed by atoms with Crippen LogP contribution in [0.25, 0.3) is 0 Å². The fraction of sp³-hybridized carbons (Fsp3) is 0.462. The molecule has 9 heteroatoms. The van der Waals surface area contributed by atoms with E-state index in [4.69, 9.17) is 4.74 Å². The van der Waals surface area contributed by atoms with E-state index in [0.29, 0.717) is 26.2 Å². The molecular weight excluding hydrogens is 448 g/mol. The first-order valence-electron chi connectivity index (χ1n) is 12.0. The number of nitrogens with zero attached hydrogens (tertiary/aromatic N) is 4. The van der Waals surface area contributed by atoms with Crippen LogP contribution in [-0.4, -0.2) is 72.9 Å². The Morgan fingerprint density at radius 1 is 1.00 bits per heavy atom. The number of non-ortho nitro benzene ring substituents is 1. The molecule has 186 valence electrons. The Kier molecular flexibility index (Phi) is 7.23. The summed E-state index contributed by atoms with van der Waals surface area (Å²) in [6.07, 6.45) is 1.48. The Balaban J connectivity index is 1.40. The van der Waals surface area contributed by atoms with Crippen LogP contribution in [0.4, 0.5) is 11.4 Å². The van der Waals surface area contributed by atoms with Crippen molar-refractivity contribution in [3.63, 3.8) is 0 Å². The molecular formula is C26H32N4O5. The number of hydrogen-bond acceptors (Lipinski definition) is 6. The molecule has 0 aromatic heterocycles. The van der Waals surface area contributed by atoms with Crippen LogP contribution in [0.1, 0.15) is 34.3 Å². The summed E-state index contributed by atoms with van der Waals surface area (Å²) in [7, 11) is 1.39. The zero-order valence-electron chi connectivity index (χ0n) is 20.5. The summed E-state index contributed by atoms with van der Waals surface area (Å²) in [5.41, 5.74) is 3.88. The van der Waals surface area contributed by atoms with Crippen molar-refractivity contribution in [1.82, 2.24) is 9.80 Å². The first-order chi connectivity index (χ1) is 16.8. The highest BCUT2D eigenvalue weighted by atomic mass is 16.6. The monoisotopic (exact) mass is 480 g/mol. The zero-order chi connectivity index (χ0) is 25.1. The van der Waals surface area contributed by atoms with Crippen molar-refractivity contribution in [1.29, 1.82) is 0 Å². The van der Waals surface area contributed by atoms with Crippen LogP contribution < -0.4 is 9.64 Å². The maximum Gasteiger partial charge on any atom is 0.273 e. The fourth-order valence-corrected chi connectivity index (χ4v) is 5.22. The zero-order valence-corrected chi connectivity index (χ0v) is 20.5. The molecule has 2 aliphatic rings. The number of benzene rings is 2. The number of hydrogen-bond donors (Lipinski definition) is 0. The van der Waals surface area contributed by atoms with Crippen LogP contribution in [0.5, 0.6) is 5.75 Å². The minimum Gasteiger partial charge on any atom is -0.496 e. The maximum absolute atomic E-state index is 13.3. The Morgan fingerprint density at radius 3 is 2.31 bits per heavy atom. The summed E-state index contributed by atoms with van der Waals surface area (Å²) in [6.45, 7) is 8.01. The van der Waals surface area contributed by atoms with Gasteiger partial charge in [0.25, 0.3) is 11.6 Å². The predicted molar refractivity (Wildman–Crippen MR) is 133 cm³/mol. The first-order valence-corrected chi connectivity index (χ1v) is 12.0. The summed E-state index contributed by atoms with van der Waals surface area (Å²) < 4.78 is 5.25. The number of amides is 2. The van der Waals surface area contributed by atoms with Crippen LogP contribution in [0.15, 0.2) is 36.4 Å². The molecule has 2 aromatic rings. The van der Waals surface area contributed by atoms with Gasteiger partial charge in [-0.2, -0.15) is 0 Å². The second kappa shape index (κ2) is 10.3. The number of carbonyl (C=O) groups excluding carboxylic acids is 2. The molecule has 0 spiro atoms. The third-order valence-corrected chi connectivity index (χ3v) is 7.03. The number of carbonyl (C=O) groups is 2. The SMILES string of the molecule is COc1cc([N+](=O)[O-])ccc1C(=O)N1CCCC(C(=O)N2CCN(c3c(C)cccc3C)CC2)C1. The van der Waals surface area contributed by atoms with Gasteiger partial charge in [-0.25, -0.2) is 0 Å². The van der Waals surface area contributed by atoms with Crippen LogP contribution in [-0.2, 0) is 4.79 Å². The van der Waals surface area contributed by atoms with Gasteiger partial charge >= 0.3 is 0 Å². The molecule has 4 rings (SSSR count). The molecule has 0 aliphatic carbocycles. The van der Waals surface area contributed by atoms with Crippen molar-refractivity contribution in [2.75, 3.05) is 51.3 Å². The summed E-state index contributed by atoms with van der Waals surface area (Å²) in [5, 5.41) is 11.1. The van der Waals surface area contributed by atoms with Crippen molar-refractivity contribution in [2.24, 2.45) is 5.92 Å². The summed E-state index contributed by atoms with van der Waals surface area (Å²) in [6, 6.07) is 10.3. The van der Waals surface area contributed by atoms with Crippen molar-refractivity contribution in [2.45, 2.75) is 26.7 Å². The number of nitro groups is 1. The second-order valence-electron chi connectivity index (χ2n) is 9.28. The molecule has 2 aromatic carbocycles. The van der Waals surface area contributed by atoms with Crippen LogP contribution in [0, 0.1) is 29.9 Å². The molecule has 0 saturated carbocycles. The molecule has 0 N–H and O–H groups in total. The molecule has 1 unspecified atom stereocenters. The highest BCUT2D eigenvalue weighted by Crippen LogP contribution is 2.29. The van der Waals surface area contributed by atoms with Crippen molar-refractivity contribution < 1.29 is 19.2 Å². The van der Waals surface area contributed by atoms with Gasteiger partial charge in [-0.15, -0.1) is 0 Å². The predicted octanol–water partition coefficient (Wildman–Crippen LogP) is 3.42. The number of methoxy groups -OCH3 is 1. The summed E-state index contributed by atoms with van der Waals surface area (Å²) in [4.78, 5) is 43.1. The highest BCUT2D eigenvalue weighted by Gasteiger charge is 2.34. The van der Waals surface area contributed by atoms with Gasteiger partial charge in [0, 0.05) is 51.0 Å². The highest BCUT2D eigenvalue weighted by molar-refractivity contribution is 5.97. The normalized spacial score (nSPS) is 18.4. The first kappa shape index (κ1) is 24.5. The lowest BCUT2D eigenvalue weighted by Gasteiger charge is -2.40. The van der Waals surface area contributed by atoms with Gasteiger partial charge < -0.3 is 19.4 Å². The number of ether oxygens (including phenoxy) is 1. The molecule has 9 nitrogen and oxygen atoms in total. The Hall–Kier alpha value is -3.62. The Labute approximate surface area is 205 Å². The van der Waals surface area contributed by atoms with Gasteiger partial charge in [0.15, 0.2) is 0 Å². The van der Waals surface area contributed by atoms with E-state index in [-0.39, 0.29) is 34.7 Å². The van der Waals surface area contributed by atoms with Gasteiger partial charge in [0.1, 0.15) is 5.75 Å². The van der Waals surface area contributed by atoms with Gasteiger partial charge in [-0.05, 0) is 43.9 Å². The lowest BCUT2D eigenvalue weighted by molar-refractivity contribution is -0.384. The second-order valence-corrected chi connectivity index (χ2v) is 9.28. The molecule has 35 heavy (non-hydrogen) atoms. The third kappa shape index (κ3) is 5.08. The quantitative estimate of drug-likeness (QED) is 0.481. The number of anilines is 1. The van der Waals surface area contributed by atoms with Crippen LogP contribution in [0.2, 0.25) is 0 Å². The van der Waals surface area contributed by atoms with E-state index in [1.807, 2.05) is 4.90 Å². The number of nitro benzene ring substituents is 1. The van der Waals surface area contributed by atoms with Gasteiger partial charge in [0.05, 0.1) is 29.6 Å². The van der Waals surface area contributed by atoms with Crippen LogP contribution in [0.3, 0.4) is 0 Å². The number of rotatable bonds is 5. The van der Waals surface area contributed by atoms with E-state index in [2.05, 4.69) is 36.9 Å². The average molecular weight is 481 g/mol. The Morgan fingerprint density at radius 2 is 1.69 bits per heavy atom. The number of aryl methyl sites for hydroxylation is 2. The lowest BCUT2D eigenvalue weighted by atomic mass is 9.95. The molecule has 2 heterocycles. The molecule has 2 fully saturated rings. The van der Waals surface area contributed by atoms with E-state index < -0.39 is 4.92 Å². The molecule has 0 bridgehead atoms. The number of para-hydroxylation sites is 1. The lowest BCUT2D eigenvalue weighted by Crippen LogP contribution is -2.53. The topological polar surface area (TPSA) is 96.2 Å². The molecule has 0 radical (unpaired) electrons. The molecule has 1 atom stereocenters. The molecule has 2 amide bonds. The smallest absolute Gasteiger partial charge is 0.273 e. The maximum atomic E-state index is 13.3. The Bertz CT molecular complexity index is 1110. The standard InChI is InChI=1S/C26H32N4O5/c1-18-6-4-7-19(2)24(18)27-12-14-28(15-13-27)25(31)20-8-5-11-29(17-20)26(32)22-10-9-21(30(33)34)16-23(22)35-3/h4,6-7,9-10,16,20H,5,8,11-15,17H2,1-3H3. The van der Waals surface area contributed by atoms with Crippen molar-refractivity contribution >= 4 is 23.2 Å². The van der Waals surface area contributed by atoms with E-state index in [9.17, 15) is 19.7 Å². The minimum atomic E-state index is -0.521. The van der Waals surface area contributed by atoms with Gasteiger partial charge in [0.2, 0.25) is 5.91 Å². The fourth-order valence-electron chi connectivity index (χ4n) is 5.22. The number of piperidine rings is 1. The van der Waals surface area contributed by atoms with Gasteiger partial charge in [-0.3, -0.25) is 19.7 Å². The summed E-state index contributed by atoms with van der Waals surface area (Å²) in [5.74, 6) is -0.253. The number of likely N-dealkylation sites (tertiary alicyclic amines) is 1. The molecule has 2 saturated heterocycles. The molecule has 2 aliphatic heterocycles. The van der Waals surface area contributed by atoms with Gasteiger partial charge in [-0.1, -0.05) is 18.2 Å².